The van der Waals surface area contributed by atoms with Crippen molar-refractivity contribution in [3.8, 4) is 5.75 Å². The molecule has 0 unspecified atom stereocenters. The number of pyridine rings is 1. The molecule has 1 aliphatic heterocycles. The average molecular weight is 362 g/mol. The molecule has 2 heterocycles. The first-order valence-electron chi connectivity index (χ1n) is 9.11. The van der Waals surface area contributed by atoms with Crippen LogP contribution in [-0.2, 0) is 6.42 Å². The molecule has 2 atom stereocenters. The predicted molar refractivity (Wildman–Crippen MR) is 105 cm³/mol. The second-order valence-electron chi connectivity index (χ2n) is 7.11. The second-order valence-corrected chi connectivity index (χ2v) is 7.11. The van der Waals surface area contributed by atoms with Crippen LogP contribution < -0.4 is 15.5 Å². The summed E-state index contributed by atoms with van der Waals surface area (Å²) in [5.74, 6) is 0.413. The fraction of sp³-hybridized carbons (Fsp3) is 0.273. The molecule has 138 valence electrons. The third-order valence-corrected chi connectivity index (χ3v) is 5.33. The van der Waals surface area contributed by atoms with Gasteiger partial charge in [0, 0.05) is 17.6 Å². The summed E-state index contributed by atoms with van der Waals surface area (Å²) < 4.78 is 7.22. The number of para-hydroxylation sites is 1. The fourth-order valence-electron chi connectivity index (χ4n) is 3.83. The van der Waals surface area contributed by atoms with E-state index in [1.165, 1.54) is 0 Å². The number of aromatic nitrogens is 1. The van der Waals surface area contributed by atoms with Gasteiger partial charge in [-0.3, -0.25) is 9.59 Å². The van der Waals surface area contributed by atoms with Crippen molar-refractivity contribution in [2.45, 2.75) is 32.4 Å². The Hall–Kier alpha value is -3.08. The second kappa shape index (κ2) is 6.58. The average Bonchev–Trinajstić information content (AvgIpc) is 3.00. The van der Waals surface area contributed by atoms with E-state index in [4.69, 9.17) is 4.74 Å². The number of hydrogen-bond donors (Lipinski definition) is 1. The Labute approximate surface area is 157 Å². The van der Waals surface area contributed by atoms with Crippen LogP contribution in [0, 0.1) is 0 Å². The number of nitrogens with one attached hydrogen (secondary N) is 1. The first-order chi connectivity index (χ1) is 13.0. The Morgan fingerprint density at radius 1 is 1.22 bits per heavy atom. The smallest absolute Gasteiger partial charge is 0.257 e. The fourth-order valence-corrected chi connectivity index (χ4v) is 3.83. The zero-order chi connectivity index (χ0) is 19.1. The summed E-state index contributed by atoms with van der Waals surface area (Å²) in [5, 5.41) is 3.56. The predicted octanol–water partition coefficient (Wildman–Crippen LogP) is 3.62. The molecule has 5 nitrogen and oxygen atoms in total. The van der Waals surface area contributed by atoms with Crippen LogP contribution in [0.25, 0.3) is 10.9 Å². The highest BCUT2D eigenvalue weighted by atomic mass is 16.5. The Bertz CT molecular complexity index is 1080. The van der Waals surface area contributed by atoms with E-state index in [0.29, 0.717) is 5.39 Å². The van der Waals surface area contributed by atoms with Gasteiger partial charge in [0.2, 0.25) is 5.43 Å². The first-order valence-corrected chi connectivity index (χ1v) is 9.11. The zero-order valence-corrected chi connectivity index (χ0v) is 15.7. The van der Waals surface area contributed by atoms with Crippen molar-refractivity contribution in [3.05, 3.63) is 75.6 Å². The largest absolute Gasteiger partial charge is 0.497 e. The standard InChI is InChI=1S/C22H22N2O3/c1-13-11-16-5-4-6-18-20(16)24(13)12-19(21(18)25)22(26)23-14(2)15-7-9-17(27-3)10-8-15/h4-10,12-14H,11H2,1-3H3,(H,23,26)/t13-,14-/m1/s1. The van der Waals surface area contributed by atoms with E-state index in [0.717, 1.165) is 28.8 Å². The Morgan fingerprint density at radius 2 is 1.96 bits per heavy atom. The lowest BCUT2D eigenvalue weighted by molar-refractivity contribution is 0.0938. The van der Waals surface area contributed by atoms with Crippen LogP contribution >= 0.6 is 0 Å². The molecule has 5 heteroatoms. The summed E-state index contributed by atoms with van der Waals surface area (Å²) in [6.07, 6.45) is 2.59. The van der Waals surface area contributed by atoms with E-state index < -0.39 is 0 Å². The minimum absolute atomic E-state index is 0.189. The molecule has 0 bridgehead atoms. The lowest BCUT2D eigenvalue weighted by Crippen LogP contribution is -2.31. The van der Waals surface area contributed by atoms with Gasteiger partial charge in [-0.2, -0.15) is 0 Å². The molecule has 0 saturated heterocycles. The van der Waals surface area contributed by atoms with Crippen LogP contribution in [0.4, 0.5) is 0 Å². The number of ether oxygens (including phenoxy) is 1. The van der Waals surface area contributed by atoms with Gasteiger partial charge in [-0.25, -0.2) is 0 Å². The quantitative estimate of drug-likeness (QED) is 0.771. The summed E-state index contributed by atoms with van der Waals surface area (Å²) >= 11 is 0. The topological polar surface area (TPSA) is 60.3 Å². The van der Waals surface area contributed by atoms with Crippen molar-refractivity contribution in [1.82, 2.24) is 9.88 Å². The molecule has 2 aromatic carbocycles. The summed E-state index contributed by atoms with van der Waals surface area (Å²) in [6.45, 7) is 4.00. The number of carbonyl (C=O) groups is 1. The normalized spacial score (nSPS) is 16.3. The molecule has 0 aliphatic carbocycles. The highest BCUT2D eigenvalue weighted by molar-refractivity contribution is 5.98. The van der Waals surface area contributed by atoms with Crippen LogP contribution in [0.15, 0.2) is 53.5 Å². The van der Waals surface area contributed by atoms with Gasteiger partial charge in [0.25, 0.3) is 5.91 Å². The number of methoxy groups -OCH3 is 1. The number of rotatable bonds is 4. The zero-order valence-electron chi connectivity index (χ0n) is 15.7. The number of benzene rings is 2. The van der Waals surface area contributed by atoms with Crippen LogP contribution in [0.5, 0.6) is 5.75 Å². The molecule has 0 saturated carbocycles. The molecule has 0 radical (unpaired) electrons. The van der Waals surface area contributed by atoms with Crippen molar-refractivity contribution in [3.63, 3.8) is 0 Å². The van der Waals surface area contributed by atoms with E-state index >= 15 is 0 Å². The molecule has 1 aromatic heterocycles. The molecule has 27 heavy (non-hydrogen) atoms. The van der Waals surface area contributed by atoms with Crippen molar-refractivity contribution in [2.24, 2.45) is 0 Å². The summed E-state index contributed by atoms with van der Waals surface area (Å²) in [5.41, 5.74) is 3.04. The van der Waals surface area contributed by atoms with Crippen molar-refractivity contribution in [2.75, 3.05) is 7.11 Å². The van der Waals surface area contributed by atoms with Gasteiger partial charge in [-0.05, 0) is 49.6 Å². The van der Waals surface area contributed by atoms with Gasteiger partial charge >= 0.3 is 0 Å². The van der Waals surface area contributed by atoms with Crippen molar-refractivity contribution >= 4 is 16.8 Å². The number of carbonyl (C=O) groups excluding carboxylic acids is 1. The molecular weight excluding hydrogens is 340 g/mol. The molecule has 4 rings (SSSR count). The van der Waals surface area contributed by atoms with Crippen LogP contribution in [0.1, 0.15) is 47.4 Å². The molecule has 0 spiro atoms. The summed E-state index contributed by atoms with van der Waals surface area (Å²) in [6, 6.07) is 13.3. The lowest BCUT2D eigenvalue weighted by atomic mass is 10.1. The Balaban J connectivity index is 1.67. The molecule has 1 aliphatic rings. The van der Waals surface area contributed by atoms with Crippen LogP contribution in [-0.4, -0.2) is 17.6 Å². The first kappa shape index (κ1) is 17.3. The van der Waals surface area contributed by atoms with Gasteiger partial charge in [0.15, 0.2) is 0 Å². The number of amides is 1. The molecule has 3 aromatic rings. The lowest BCUT2D eigenvalue weighted by Gasteiger charge is -2.16. The van der Waals surface area contributed by atoms with Crippen LogP contribution in [0.3, 0.4) is 0 Å². The van der Waals surface area contributed by atoms with Gasteiger partial charge in [0.1, 0.15) is 11.3 Å². The van der Waals surface area contributed by atoms with E-state index in [-0.39, 0.29) is 29.0 Å². The number of nitrogens with zero attached hydrogens (tertiary/aromatic N) is 1. The van der Waals surface area contributed by atoms with E-state index in [9.17, 15) is 9.59 Å². The molecule has 0 fully saturated rings. The van der Waals surface area contributed by atoms with Gasteiger partial charge in [-0.15, -0.1) is 0 Å². The highest BCUT2D eigenvalue weighted by Crippen LogP contribution is 2.31. The SMILES string of the molecule is COc1ccc([C@@H](C)NC(=O)c2cn3c4c(cccc4c2=O)C[C@H]3C)cc1. The van der Waals surface area contributed by atoms with Gasteiger partial charge in [-0.1, -0.05) is 24.3 Å². The summed E-state index contributed by atoms with van der Waals surface area (Å²) in [7, 11) is 1.62. The van der Waals surface area contributed by atoms with Crippen LogP contribution in [0.2, 0.25) is 0 Å². The minimum atomic E-state index is -0.349. The molecular formula is C22H22N2O3. The van der Waals surface area contributed by atoms with Crippen molar-refractivity contribution < 1.29 is 9.53 Å². The Morgan fingerprint density at radius 3 is 2.67 bits per heavy atom. The van der Waals surface area contributed by atoms with Gasteiger partial charge < -0.3 is 14.6 Å². The van der Waals surface area contributed by atoms with E-state index in [2.05, 4.69) is 16.8 Å². The maximum atomic E-state index is 12.9. The van der Waals surface area contributed by atoms with Crippen molar-refractivity contribution in [1.29, 1.82) is 0 Å². The maximum Gasteiger partial charge on any atom is 0.257 e. The highest BCUT2D eigenvalue weighted by Gasteiger charge is 2.24. The van der Waals surface area contributed by atoms with E-state index in [1.54, 1.807) is 19.4 Å². The molecule has 1 N–H and O–H groups in total. The third kappa shape index (κ3) is 2.89. The van der Waals surface area contributed by atoms with Gasteiger partial charge in [0.05, 0.1) is 18.7 Å². The maximum absolute atomic E-state index is 12.9. The monoisotopic (exact) mass is 362 g/mol. The number of hydrogen-bond acceptors (Lipinski definition) is 3. The summed E-state index contributed by atoms with van der Waals surface area (Å²) in [4.78, 5) is 25.8. The molecule has 1 amide bonds. The van der Waals surface area contributed by atoms with E-state index in [1.807, 2.05) is 43.3 Å². The third-order valence-electron chi connectivity index (χ3n) is 5.33. The minimum Gasteiger partial charge on any atom is -0.497 e. The Kier molecular flexibility index (Phi) is 4.22.